The van der Waals surface area contributed by atoms with Crippen LogP contribution in [-0.2, 0) is 9.47 Å². The lowest BCUT2D eigenvalue weighted by atomic mass is 10.2. The molecule has 0 aromatic heterocycles. The molecule has 0 saturated carbocycles. The lowest BCUT2D eigenvalue weighted by Crippen LogP contribution is -2.14. The van der Waals surface area contributed by atoms with Gasteiger partial charge in [0.1, 0.15) is 0 Å². The Hall–Kier alpha value is 0.140. The second-order valence-electron chi connectivity index (χ2n) is 3.12. The van der Waals surface area contributed by atoms with Crippen molar-refractivity contribution in [2.75, 3.05) is 26.4 Å². The normalized spacial score (nSPS) is 23.5. The van der Waals surface area contributed by atoms with Gasteiger partial charge in [0.25, 0.3) is 0 Å². The van der Waals surface area contributed by atoms with Crippen molar-refractivity contribution in [2.45, 2.75) is 24.1 Å². The molecule has 0 N–H and O–H groups in total. The highest BCUT2D eigenvalue weighted by molar-refractivity contribution is 9.09. The van der Waals surface area contributed by atoms with Gasteiger partial charge in [0.05, 0.1) is 13.2 Å². The number of hydrogen-bond acceptors (Lipinski definition) is 2. The van der Waals surface area contributed by atoms with Crippen LogP contribution in [0.4, 0.5) is 0 Å². The van der Waals surface area contributed by atoms with E-state index in [2.05, 4.69) is 22.0 Å². The second kappa shape index (κ2) is 7.54. The molecule has 2 heterocycles. The van der Waals surface area contributed by atoms with Gasteiger partial charge in [-0.3, -0.25) is 0 Å². The predicted octanol–water partition coefficient (Wildman–Crippen LogP) is 2.52. The Balaban J connectivity index is 0.000000132. The summed E-state index contributed by atoms with van der Waals surface area (Å²) in [4.78, 5) is 0.723. The van der Waals surface area contributed by atoms with Gasteiger partial charge in [0, 0.05) is 18.0 Å². The molecule has 0 unspecified atom stereocenters. The smallest absolute Gasteiger partial charge is 0.0647 e. The van der Waals surface area contributed by atoms with Crippen molar-refractivity contribution in [3.05, 3.63) is 12.2 Å². The summed E-state index contributed by atoms with van der Waals surface area (Å²) in [5.41, 5.74) is 0. The Morgan fingerprint density at radius 1 is 1.00 bits per heavy atom. The Labute approximate surface area is 88.4 Å². The van der Waals surface area contributed by atoms with Gasteiger partial charge in [0.2, 0.25) is 0 Å². The van der Waals surface area contributed by atoms with Crippen LogP contribution in [0, 0.1) is 0 Å². The number of ether oxygens (including phenoxy) is 2. The number of rotatable bonds is 0. The largest absolute Gasteiger partial charge is 0.381 e. The molecule has 0 amide bonds. The number of hydrogen-bond donors (Lipinski definition) is 0. The van der Waals surface area contributed by atoms with Crippen molar-refractivity contribution >= 4 is 15.9 Å². The molecule has 0 bridgehead atoms. The first kappa shape index (κ1) is 11.2. The van der Waals surface area contributed by atoms with Gasteiger partial charge in [-0.2, -0.15) is 0 Å². The van der Waals surface area contributed by atoms with Crippen LogP contribution < -0.4 is 0 Å². The average molecular weight is 249 g/mol. The summed E-state index contributed by atoms with van der Waals surface area (Å²) in [6.07, 6.45) is 7.65. The molecule has 0 radical (unpaired) electrons. The van der Waals surface area contributed by atoms with E-state index >= 15 is 0 Å². The first-order valence-electron chi connectivity index (χ1n) is 4.84. The van der Waals surface area contributed by atoms with E-state index < -0.39 is 0 Å². The summed E-state index contributed by atoms with van der Waals surface area (Å²) >= 11 is 3.51. The van der Waals surface area contributed by atoms with Crippen LogP contribution in [0.1, 0.15) is 19.3 Å². The molecule has 2 aliphatic heterocycles. The molecule has 0 aliphatic carbocycles. The van der Waals surface area contributed by atoms with Crippen molar-refractivity contribution in [1.82, 2.24) is 0 Å². The van der Waals surface area contributed by atoms with Gasteiger partial charge >= 0.3 is 0 Å². The Morgan fingerprint density at radius 2 is 1.77 bits per heavy atom. The maximum absolute atomic E-state index is 5.11. The summed E-state index contributed by atoms with van der Waals surface area (Å²) in [7, 11) is 0. The fourth-order valence-corrected chi connectivity index (χ4v) is 1.53. The van der Waals surface area contributed by atoms with Gasteiger partial charge in [-0.15, -0.1) is 0 Å². The molecule has 0 spiro atoms. The van der Waals surface area contributed by atoms with E-state index in [0.29, 0.717) is 0 Å². The van der Waals surface area contributed by atoms with E-state index in [1.807, 2.05) is 6.08 Å². The maximum atomic E-state index is 5.11. The first-order valence-corrected chi connectivity index (χ1v) is 5.75. The van der Waals surface area contributed by atoms with Crippen molar-refractivity contribution in [3.63, 3.8) is 0 Å². The minimum absolute atomic E-state index is 0.723. The second-order valence-corrected chi connectivity index (χ2v) is 4.42. The highest BCUT2D eigenvalue weighted by Gasteiger charge is 2.07. The lowest BCUT2D eigenvalue weighted by molar-refractivity contribution is 0.101. The summed E-state index contributed by atoms with van der Waals surface area (Å²) in [5, 5.41) is 0. The summed E-state index contributed by atoms with van der Waals surface area (Å²) in [6, 6.07) is 0. The third-order valence-corrected chi connectivity index (χ3v) is 2.88. The fourth-order valence-electron chi connectivity index (χ4n) is 1.16. The molecule has 1 saturated heterocycles. The highest BCUT2D eigenvalue weighted by Crippen LogP contribution is 2.13. The van der Waals surface area contributed by atoms with E-state index in [1.54, 1.807) is 0 Å². The minimum Gasteiger partial charge on any atom is -0.381 e. The monoisotopic (exact) mass is 248 g/mol. The zero-order valence-corrected chi connectivity index (χ0v) is 9.46. The minimum atomic E-state index is 0.723. The molecular weight excluding hydrogens is 232 g/mol. The van der Waals surface area contributed by atoms with Crippen LogP contribution >= 0.6 is 15.9 Å². The maximum Gasteiger partial charge on any atom is 0.0647 e. The van der Waals surface area contributed by atoms with Gasteiger partial charge in [-0.05, 0) is 19.3 Å². The zero-order valence-electron chi connectivity index (χ0n) is 7.88. The number of halogens is 1. The van der Waals surface area contributed by atoms with Crippen LogP contribution in [0.25, 0.3) is 0 Å². The van der Waals surface area contributed by atoms with E-state index in [9.17, 15) is 0 Å². The van der Waals surface area contributed by atoms with E-state index in [4.69, 9.17) is 9.47 Å². The van der Waals surface area contributed by atoms with Gasteiger partial charge in [-0.25, -0.2) is 0 Å². The SMILES string of the molecule is BrC1CCOCC1.C1=CCOCC1. The number of alkyl halides is 1. The topological polar surface area (TPSA) is 18.5 Å². The van der Waals surface area contributed by atoms with E-state index in [0.717, 1.165) is 37.7 Å². The molecule has 2 nitrogen and oxygen atoms in total. The van der Waals surface area contributed by atoms with Gasteiger partial charge in [0.15, 0.2) is 0 Å². The molecule has 13 heavy (non-hydrogen) atoms. The molecule has 76 valence electrons. The summed E-state index contributed by atoms with van der Waals surface area (Å²) in [6.45, 7) is 3.61. The van der Waals surface area contributed by atoms with Crippen LogP contribution in [0.5, 0.6) is 0 Å². The van der Waals surface area contributed by atoms with Crippen LogP contribution in [-0.4, -0.2) is 31.3 Å². The molecule has 2 aliphatic rings. The standard InChI is InChI=1S/C5H9BrO.C5H8O/c6-5-1-3-7-4-2-5;1-2-4-6-5-3-1/h5H,1-4H2;1-2H,3-5H2. The van der Waals surface area contributed by atoms with Crippen molar-refractivity contribution in [1.29, 1.82) is 0 Å². The first-order chi connectivity index (χ1) is 6.39. The van der Waals surface area contributed by atoms with Gasteiger partial charge < -0.3 is 9.47 Å². The lowest BCUT2D eigenvalue weighted by Gasteiger charge is -2.15. The van der Waals surface area contributed by atoms with Gasteiger partial charge in [-0.1, -0.05) is 28.1 Å². The summed E-state index contributed by atoms with van der Waals surface area (Å²) < 4.78 is 10.1. The molecule has 2 rings (SSSR count). The van der Waals surface area contributed by atoms with Crippen molar-refractivity contribution in [3.8, 4) is 0 Å². The molecule has 0 aromatic carbocycles. The third-order valence-electron chi connectivity index (χ3n) is 1.96. The Kier molecular flexibility index (Phi) is 6.50. The molecule has 3 heteroatoms. The fraction of sp³-hybridized carbons (Fsp3) is 0.800. The third kappa shape index (κ3) is 6.24. The van der Waals surface area contributed by atoms with Crippen molar-refractivity contribution < 1.29 is 9.47 Å². The highest BCUT2D eigenvalue weighted by atomic mass is 79.9. The van der Waals surface area contributed by atoms with E-state index in [-0.39, 0.29) is 0 Å². The molecule has 1 fully saturated rings. The van der Waals surface area contributed by atoms with E-state index in [1.165, 1.54) is 12.8 Å². The van der Waals surface area contributed by atoms with Crippen LogP contribution in [0.2, 0.25) is 0 Å². The molecular formula is C10H17BrO2. The average Bonchev–Trinajstić information content (AvgIpc) is 2.22. The summed E-state index contributed by atoms with van der Waals surface area (Å²) in [5.74, 6) is 0. The molecule has 0 atom stereocenters. The molecule has 0 aromatic rings. The quantitative estimate of drug-likeness (QED) is 0.485. The Morgan fingerprint density at radius 3 is 2.00 bits per heavy atom. The predicted molar refractivity (Wildman–Crippen MR) is 57.3 cm³/mol. The Bertz CT molecular complexity index is 134. The van der Waals surface area contributed by atoms with Crippen molar-refractivity contribution in [2.24, 2.45) is 0 Å². The van der Waals surface area contributed by atoms with Crippen LogP contribution in [0.3, 0.4) is 0 Å². The zero-order chi connectivity index (χ0) is 9.36. The van der Waals surface area contributed by atoms with Crippen LogP contribution in [0.15, 0.2) is 12.2 Å².